The molecule has 3 rings (SSSR count). The van der Waals surface area contributed by atoms with Gasteiger partial charge in [-0.2, -0.15) is 0 Å². The molecule has 2 saturated heterocycles. The lowest BCUT2D eigenvalue weighted by Gasteiger charge is -2.35. The summed E-state index contributed by atoms with van der Waals surface area (Å²) in [5, 5.41) is 3.51. The molecule has 2 heteroatoms. The van der Waals surface area contributed by atoms with Crippen LogP contribution in [0, 0.1) is 0 Å². The second-order valence-corrected chi connectivity index (χ2v) is 6.04. The fraction of sp³-hybridized carbons (Fsp3) is 0.625. The molecule has 2 heterocycles. The average Bonchev–Trinajstić information content (AvgIpc) is 2.70. The smallest absolute Gasteiger partial charge is 0.114 e. The number of nitrogens with one attached hydrogen (secondary N) is 1. The van der Waals surface area contributed by atoms with Gasteiger partial charge < -0.3 is 5.32 Å². The Kier molecular flexibility index (Phi) is 3.38. The zero-order chi connectivity index (χ0) is 12.4. The molecule has 0 amide bonds. The van der Waals surface area contributed by atoms with Gasteiger partial charge >= 0.3 is 0 Å². The quantitative estimate of drug-likeness (QED) is 0.856. The standard InChI is InChI=1S/C16H22FN/c17-16(11-14-8-9-15(12-16)18-14)10-4-7-13-5-2-1-3-6-13/h1-3,5-6,14-15,18H,4,7-12H2. The number of benzene rings is 1. The molecule has 1 aromatic rings. The van der Waals surface area contributed by atoms with Crippen LogP contribution in [0.3, 0.4) is 0 Å². The van der Waals surface area contributed by atoms with E-state index < -0.39 is 5.67 Å². The highest BCUT2D eigenvalue weighted by molar-refractivity contribution is 5.14. The molecule has 2 aliphatic heterocycles. The summed E-state index contributed by atoms with van der Waals surface area (Å²) in [5.74, 6) is 0. The lowest BCUT2D eigenvalue weighted by atomic mass is 9.84. The first-order valence-corrected chi connectivity index (χ1v) is 7.22. The van der Waals surface area contributed by atoms with E-state index >= 15 is 0 Å². The molecule has 2 aliphatic rings. The van der Waals surface area contributed by atoms with Gasteiger partial charge in [-0.25, -0.2) is 4.39 Å². The van der Waals surface area contributed by atoms with Gasteiger partial charge in [0.15, 0.2) is 0 Å². The van der Waals surface area contributed by atoms with Gasteiger partial charge in [-0.3, -0.25) is 0 Å². The van der Waals surface area contributed by atoms with Crippen LogP contribution in [0.15, 0.2) is 30.3 Å². The summed E-state index contributed by atoms with van der Waals surface area (Å²) in [5.41, 5.74) is 0.435. The number of halogens is 1. The third-order valence-electron chi connectivity index (χ3n) is 4.49. The van der Waals surface area contributed by atoms with Crippen LogP contribution < -0.4 is 5.32 Å². The van der Waals surface area contributed by atoms with Gasteiger partial charge in [-0.1, -0.05) is 30.3 Å². The lowest BCUT2D eigenvalue weighted by molar-refractivity contribution is 0.0773. The Hall–Kier alpha value is -0.890. The molecule has 0 radical (unpaired) electrons. The van der Waals surface area contributed by atoms with Crippen LogP contribution >= 0.6 is 0 Å². The molecule has 98 valence electrons. The van der Waals surface area contributed by atoms with Gasteiger partial charge in [-0.05, 0) is 50.5 Å². The van der Waals surface area contributed by atoms with Gasteiger partial charge in [0.05, 0.1) is 0 Å². The van der Waals surface area contributed by atoms with E-state index in [1.54, 1.807) is 0 Å². The normalized spacial score (nSPS) is 34.7. The van der Waals surface area contributed by atoms with Crippen molar-refractivity contribution in [1.82, 2.24) is 5.32 Å². The van der Waals surface area contributed by atoms with E-state index in [0.29, 0.717) is 12.1 Å². The fourth-order valence-corrected chi connectivity index (χ4v) is 3.65. The lowest BCUT2D eigenvalue weighted by Crippen LogP contribution is -2.46. The molecule has 2 unspecified atom stereocenters. The van der Waals surface area contributed by atoms with Gasteiger partial charge in [-0.15, -0.1) is 0 Å². The summed E-state index contributed by atoms with van der Waals surface area (Å²) in [7, 11) is 0. The third-order valence-corrected chi connectivity index (χ3v) is 4.49. The van der Waals surface area contributed by atoms with Gasteiger partial charge in [0, 0.05) is 12.1 Å². The molecular formula is C16H22FN. The Morgan fingerprint density at radius 2 is 1.78 bits per heavy atom. The molecule has 18 heavy (non-hydrogen) atoms. The Morgan fingerprint density at radius 3 is 2.44 bits per heavy atom. The van der Waals surface area contributed by atoms with Crippen molar-refractivity contribution in [1.29, 1.82) is 0 Å². The van der Waals surface area contributed by atoms with Crippen molar-refractivity contribution in [3.8, 4) is 0 Å². The van der Waals surface area contributed by atoms with Crippen molar-refractivity contribution in [2.24, 2.45) is 0 Å². The molecule has 2 fully saturated rings. The molecule has 0 spiro atoms. The van der Waals surface area contributed by atoms with Crippen molar-refractivity contribution in [2.75, 3.05) is 0 Å². The minimum absolute atomic E-state index is 0.450. The Labute approximate surface area is 109 Å². The van der Waals surface area contributed by atoms with E-state index in [9.17, 15) is 4.39 Å². The molecule has 2 atom stereocenters. The van der Waals surface area contributed by atoms with Gasteiger partial charge in [0.25, 0.3) is 0 Å². The van der Waals surface area contributed by atoms with Gasteiger partial charge in [0.2, 0.25) is 0 Å². The maximum absolute atomic E-state index is 14.8. The minimum atomic E-state index is -0.897. The first kappa shape index (κ1) is 12.2. The number of hydrogen-bond acceptors (Lipinski definition) is 1. The predicted octanol–water partition coefficient (Wildman–Crippen LogP) is 3.63. The summed E-state index contributed by atoms with van der Waals surface area (Å²) >= 11 is 0. The highest BCUT2D eigenvalue weighted by atomic mass is 19.1. The van der Waals surface area contributed by atoms with E-state index in [2.05, 4.69) is 29.6 Å². The minimum Gasteiger partial charge on any atom is -0.311 e. The zero-order valence-corrected chi connectivity index (χ0v) is 10.9. The fourth-order valence-electron chi connectivity index (χ4n) is 3.65. The number of aryl methyl sites for hydroxylation is 1. The Bertz CT molecular complexity index is 377. The van der Waals surface area contributed by atoms with Crippen LogP contribution in [-0.2, 0) is 6.42 Å². The first-order valence-electron chi connectivity index (χ1n) is 7.22. The first-order chi connectivity index (χ1) is 8.73. The van der Waals surface area contributed by atoms with Crippen LogP contribution in [0.25, 0.3) is 0 Å². The number of rotatable bonds is 4. The average molecular weight is 247 g/mol. The van der Waals surface area contributed by atoms with Crippen molar-refractivity contribution < 1.29 is 4.39 Å². The van der Waals surface area contributed by atoms with Crippen molar-refractivity contribution >= 4 is 0 Å². The monoisotopic (exact) mass is 247 g/mol. The summed E-state index contributed by atoms with van der Waals surface area (Å²) in [4.78, 5) is 0. The Balaban J connectivity index is 1.51. The molecular weight excluding hydrogens is 225 g/mol. The maximum Gasteiger partial charge on any atom is 0.114 e. The zero-order valence-electron chi connectivity index (χ0n) is 10.9. The van der Waals surface area contributed by atoms with Crippen molar-refractivity contribution in [3.63, 3.8) is 0 Å². The molecule has 1 N–H and O–H groups in total. The van der Waals surface area contributed by atoms with Gasteiger partial charge in [0.1, 0.15) is 5.67 Å². The van der Waals surface area contributed by atoms with Crippen LogP contribution in [0.5, 0.6) is 0 Å². The van der Waals surface area contributed by atoms with E-state index in [1.807, 2.05) is 6.07 Å². The summed E-state index contributed by atoms with van der Waals surface area (Å²) in [6.07, 6.45) is 6.53. The van der Waals surface area contributed by atoms with Crippen LogP contribution in [0.4, 0.5) is 4.39 Å². The molecule has 0 aliphatic carbocycles. The molecule has 0 saturated carbocycles. The highest BCUT2D eigenvalue weighted by Crippen LogP contribution is 2.39. The highest BCUT2D eigenvalue weighted by Gasteiger charge is 2.43. The topological polar surface area (TPSA) is 12.0 Å². The predicted molar refractivity (Wildman–Crippen MR) is 72.4 cm³/mol. The Morgan fingerprint density at radius 1 is 1.11 bits per heavy atom. The van der Waals surface area contributed by atoms with E-state index in [1.165, 1.54) is 18.4 Å². The summed E-state index contributed by atoms with van der Waals surface area (Å²) in [6, 6.07) is 11.3. The second kappa shape index (κ2) is 5.00. The largest absolute Gasteiger partial charge is 0.311 e. The molecule has 1 nitrogen and oxygen atoms in total. The van der Waals surface area contributed by atoms with E-state index in [4.69, 9.17) is 0 Å². The number of alkyl halides is 1. The van der Waals surface area contributed by atoms with Crippen LogP contribution in [0.1, 0.15) is 44.1 Å². The number of fused-ring (bicyclic) bond motifs is 2. The van der Waals surface area contributed by atoms with E-state index in [0.717, 1.165) is 32.1 Å². The van der Waals surface area contributed by atoms with Crippen LogP contribution in [0.2, 0.25) is 0 Å². The summed E-state index contributed by atoms with van der Waals surface area (Å²) in [6.45, 7) is 0. The SMILES string of the molecule is FC1(CCCc2ccccc2)CC2CCC(C1)N2. The molecule has 2 bridgehead atoms. The third kappa shape index (κ3) is 2.74. The summed E-state index contributed by atoms with van der Waals surface area (Å²) < 4.78 is 14.8. The molecule has 0 aromatic heterocycles. The number of hydrogen-bond donors (Lipinski definition) is 1. The van der Waals surface area contributed by atoms with Crippen molar-refractivity contribution in [3.05, 3.63) is 35.9 Å². The van der Waals surface area contributed by atoms with E-state index in [-0.39, 0.29) is 0 Å². The number of piperidine rings is 1. The van der Waals surface area contributed by atoms with Crippen LogP contribution in [-0.4, -0.2) is 17.8 Å². The second-order valence-electron chi connectivity index (χ2n) is 6.04. The van der Waals surface area contributed by atoms with Crippen molar-refractivity contribution in [2.45, 2.75) is 62.7 Å². The molecule has 1 aromatic carbocycles. The maximum atomic E-state index is 14.8.